The minimum atomic E-state index is -0.420. The van der Waals surface area contributed by atoms with Gasteiger partial charge in [0.05, 0.1) is 5.02 Å². The number of nitrogens with zero attached hydrogens (tertiary/aromatic N) is 2. The summed E-state index contributed by atoms with van der Waals surface area (Å²) in [5.74, 6) is 0.356. The predicted molar refractivity (Wildman–Crippen MR) is 69.6 cm³/mol. The maximum Gasteiger partial charge on any atom is 0.229 e. The van der Waals surface area contributed by atoms with Gasteiger partial charge in [0.15, 0.2) is 0 Å². The van der Waals surface area contributed by atoms with E-state index in [-0.39, 0.29) is 17.0 Å². The molecule has 20 heavy (non-hydrogen) atoms. The van der Waals surface area contributed by atoms with Crippen LogP contribution in [0.15, 0.2) is 22.7 Å². The largest absolute Gasteiger partial charge is 0.353 e. The van der Waals surface area contributed by atoms with Gasteiger partial charge in [-0.25, -0.2) is 4.39 Å². The highest BCUT2D eigenvalue weighted by Crippen LogP contribution is 2.26. The Morgan fingerprint density at radius 2 is 2.35 bits per heavy atom. The fourth-order valence-corrected chi connectivity index (χ4v) is 2.41. The Labute approximate surface area is 119 Å². The van der Waals surface area contributed by atoms with Gasteiger partial charge in [-0.05, 0) is 24.6 Å². The number of hydrogen-bond donors (Lipinski definition) is 1. The molecule has 0 radical (unpaired) electrons. The molecule has 1 atom stereocenters. The van der Waals surface area contributed by atoms with Gasteiger partial charge in [0.2, 0.25) is 17.6 Å². The van der Waals surface area contributed by atoms with Crippen LogP contribution in [0.4, 0.5) is 4.39 Å². The molecule has 2 aromatic rings. The molecule has 1 unspecified atom stereocenters. The number of rotatable bonds is 3. The molecule has 1 amide bonds. The Morgan fingerprint density at radius 3 is 3.05 bits per heavy atom. The van der Waals surface area contributed by atoms with E-state index in [1.54, 1.807) is 0 Å². The number of nitrogens with one attached hydrogen (secondary N) is 1. The lowest BCUT2D eigenvalue weighted by atomic mass is 10.1. The maximum atomic E-state index is 13.0. The first-order chi connectivity index (χ1) is 9.61. The second-order valence-corrected chi connectivity index (χ2v) is 5.05. The van der Waals surface area contributed by atoms with E-state index in [9.17, 15) is 9.18 Å². The van der Waals surface area contributed by atoms with E-state index < -0.39 is 5.82 Å². The lowest BCUT2D eigenvalue weighted by Gasteiger charge is -2.04. The van der Waals surface area contributed by atoms with Gasteiger partial charge in [0.1, 0.15) is 5.82 Å². The topological polar surface area (TPSA) is 68.0 Å². The van der Waals surface area contributed by atoms with E-state index in [1.165, 1.54) is 18.2 Å². The summed E-state index contributed by atoms with van der Waals surface area (Å²) >= 11 is 5.94. The van der Waals surface area contributed by atoms with Crippen molar-refractivity contribution in [3.63, 3.8) is 0 Å². The molecule has 5 nitrogen and oxygen atoms in total. The standard InChI is InChI=1S/C13H11ClFN3O2/c14-10-5-7(15)1-3-9(10)13-17-12(20-18-13)6-8-2-4-11(19)16-8/h1,3,5,8H,2,4,6H2,(H,16,19). The van der Waals surface area contributed by atoms with Crippen LogP contribution in [-0.4, -0.2) is 22.1 Å². The van der Waals surface area contributed by atoms with Gasteiger partial charge in [0.25, 0.3) is 0 Å². The summed E-state index contributed by atoms with van der Waals surface area (Å²) in [6, 6.07) is 4.02. The molecule has 0 saturated carbocycles. The average Bonchev–Trinajstić information content (AvgIpc) is 2.99. The Bertz CT molecular complexity index is 659. The van der Waals surface area contributed by atoms with Gasteiger partial charge in [0, 0.05) is 24.4 Å². The molecule has 1 aliphatic rings. The molecule has 1 fully saturated rings. The SMILES string of the molecule is O=C1CCC(Cc2nc(-c3ccc(F)cc3Cl)no2)N1. The quantitative estimate of drug-likeness (QED) is 0.944. The van der Waals surface area contributed by atoms with Crippen molar-refractivity contribution in [1.29, 1.82) is 0 Å². The summed E-state index contributed by atoms with van der Waals surface area (Å²) in [5, 5.41) is 6.89. The van der Waals surface area contributed by atoms with E-state index >= 15 is 0 Å². The summed E-state index contributed by atoms with van der Waals surface area (Å²) in [4.78, 5) is 15.3. The van der Waals surface area contributed by atoms with Crippen LogP contribution in [0.1, 0.15) is 18.7 Å². The maximum absolute atomic E-state index is 13.0. The normalized spacial score (nSPS) is 18.3. The first kappa shape index (κ1) is 13.1. The number of halogens is 2. The molecule has 1 aromatic heterocycles. The van der Waals surface area contributed by atoms with Gasteiger partial charge >= 0.3 is 0 Å². The van der Waals surface area contributed by atoms with Crippen LogP contribution in [0.3, 0.4) is 0 Å². The van der Waals surface area contributed by atoms with Gasteiger partial charge in [-0.1, -0.05) is 16.8 Å². The molecule has 2 heterocycles. The predicted octanol–water partition coefficient (Wildman–Crippen LogP) is 2.35. The first-order valence-corrected chi connectivity index (χ1v) is 6.57. The van der Waals surface area contributed by atoms with Crippen LogP contribution in [0.25, 0.3) is 11.4 Å². The van der Waals surface area contributed by atoms with E-state index in [4.69, 9.17) is 16.1 Å². The molecule has 3 rings (SSSR count). The van der Waals surface area contributed by atoms with Crippen molar-refractivity contribution in [3.8, 4) is 11.4 Å². The molecule has 1 aliphatic heterocycles. The van der Waals surface area contributed by atoms with Gasteiger partial charge < -0.3 is 9.84 Å². The Balaban J connectivity index is 1.78. The van der Waals surface area contributed by atoms with E-state index in [0.717, 1.165) is 6.42 Å². The molecule has 0 bridgehead atoms. The molecule has 1 saturated heterocycles. The highest BCUT2D eigenvalue weighted by molar-refractivity contribution is 6.33. The third-order valence-electron chi connectivity index (χ3n) is 3.15. The van der Waals surface area contributed by atoms with Crippen molar-refractivity contribution in [2.45, 2.75) is 25.3 Å². The monoisotopic (exact) mass is 295 g/mol. The summed E-state index contributed by atoms with van der Waals surface area (Å²) in [5.41, 5.74) is 0.513. The first-order valence-electron chi connectivity index (χ1n) is 6.19. The lowest BCUT2D eigenvalue weighted by Crippen LogP contribution is -2.27. The van der Waals surface area contributed by atoms with Gasteiger partial charge in [-0.15, -0.1) is 0 Å². The molecule has 0 spiro atoms. The van der Waals surface area contributed by atoms with Crippen molar-refractivity contribution in [2.75, 3.05) is 0 Å². The molecule has 0 aliphatic carbocycles. The molecular weight excluding hydrogens is 285 g/mol. The van der Waals surface area contributed by atoms with Crippen LogP contribution < -0.4 is 5.32 Å². The lowest BCUT2D eigenvalue weighted by molar-refractivity contribution is -0.119. The van der Waals surface area contributed by atoms with E-state index in [2.05, 4.69) is 15.5 Å². The van der Waals surface area contributed by atoms with Gasteiger partial charge in [-0.2, -0.15) is 4.98 Å². The highest BCUT2D eigenvalue weighted by atomic mass is 35.5. The number of amides is 1. The number of carbonyl (C=O) groups excluding carboxylic acids is 1. The molecule has 1 N–H and O–H groups in total. The van der Waals surface area contributed by atoms with Crippen LogP contribution >= 0.6 is 11.6 Å². The summed E-state index contributed by atoms with van der Waals surface area (Å²) in [6.45, 7) is 0. The third-order valence-corrected chi connectivity index (χ3v) is 3.46. The second kappa shape index (κ2) is 5.20. The van der Waals surface area contributed by atoms with E-state index in [0.29, 0.717) is 30.1 Å². The highest BCUT2D eigenvalue weighted by Gasteiger charge is 2.23. The molecule has 104 valence electrons. The zero-order valence-corrected chi connectivity index (χ0v) is 11.2. The zero-order valence-electron chi connectivity index (χ0n) is 10.4. The van der Waals surface area contributed by atoms with Crippen molar-refractivity contribution in [3.05, 3.63) is 34.9 Å². The number of hydrogen-bond acceptors (Lipinski definition) is 4. The fraction of sp³-hybridized carbons (Fsp3) is 0.308. The zero-order chi connectivity index (χ0) is 14.1. The van der Waals surface area contributed by atoms with Crippen molar-refractivity contribution in [1.82, 2.24) is 15.5 Å². The van der Waals surface area contributed by atoms with Crippen molar-refractivity contribution in [2.24, 2.45) is 0 Å². The van der Waals surface area contributed by atoms with Crippen LogP contribution in [-0.2, 0) is 11.2 Å². The molecular formula is C13H11ClFN3O2. The van der Waals surface area contributed by atoms with Crippen molar-refractivity contribution < 1.29 is 13.7 Å². The molecule has 1 aromatic carbocycles. The minimum absolute atomic E-state index is 0.0273. The number of benzene rings is 1. The van der Waals surface area contributed by atoms with E-state index in [1.807, 2.05) is 0 Å². The van der Waals surface area contributed by atoms with Crippen LogP contribution in [0.5, 0.6) is 0 Å². The average molecular weight is 296 g/mol. The van der Waals surface area contributed by atoms with Crippen LogP contribution in [0, 0.1) is 5.82 Å². The Hall–Kier alpha value is -1.95. The smallest absolute Gasteiger partial charge is 0.229 e. The van der Waals surface area contributed by atoms with Gasteiger partial charge in [-0.3, -0.25) is 4.79 Å². The molecule has 7 heteroatoms. The Morgan fingerprint density at radius 1 is 1.50 bits per heavy atom. The second-order valence-electron chi connectivity index (χ2n) is 4.64. The summed E-state index contributed by atoms with van der Waals surface area (Å²) < 4.78 is 18.1. The minimum Gasteiger partial charge on any atom is -0.353 e. The Kier molecular flexibility index (Phi) is 3.40. The number of carbonyl (C=O) groups is 1. The number of aromatic nitrogens is 2. The fourth-order valence-electron chi connectivity index (χ4n) is 2.16. The summed E-state index contributed by atoms with van der Waals surface area (Å²) in [6.07, 6.45) is 1.76. The van der Waals surface area contributed by atoms with Crippen LogP contribution in [0.2, 0.25) is 5.02 Å². The third kappa shape index (κ3) is 2.65. The van der Waals surface area contributed by atoms with Crippen molar-refractivity contribution >= 4 is 17.5 Å². The summed E-state index contributed by atoms with van der Waals surface area (Å²) in [7, 11) is 0.